The summed E-state index contributed by atoms with van der Waals surface area (Å²) in [6, 6.07) is 3.49. The fourth-order valence-corrected chi connectivity index (χ4v) is 1.55. The molecule has 0 radical (unpaired) electrons. The van der Waals surface area contributed by atoms with E-state index in [-0.39, 0.29) is 5.69 Å². The molecule has 0 aliphatic heterocycles. The number of aromatic amines is 1. The topological polar surface area (TPSA) is 84.3 Å². The zero-order chi connectivity index (χ0) is 12.8. The van der Waals surface area contributed by atoms with E-state index >= 15 is 0 Å². The lowest BCUT2D eigenvalue weighted by molar-refractivity contribution is 0.149. The van der Waals surface area contributed by atoms with Gasteiger partial charge in [0.15, 0.2) is 5.65 Å². The highest BCUT2D eigenvalue weighted by Gasteiger charge is 2.01. The molecule has 98 valence electrons. The molecule has 0 saturated carbocycles. The van der Waals surface area contributed by atoms with Gasteiger partial charge in [0.05, 0.1) is 6.61 Å². The molecule has 0 atom stereocenters. The lowest BCUT2D eigenvalue weighted by atomic mass is 10.4. The second-order valence-corrected chi connectivity index (χ2v) is 3.98. The van der Waals surface area contributed by atoms with E-state index in [1.54, 1.807) is 12.1 Å². The van der Waals surface area contributed by atoms with Crippen LogP contribution in [0.1, 0.15) is 6.42 Å². The number of H-pyrrole nitrogens is 1. The van der Waals surface area contributed by atoms with Crippen LogP contribution in [-0.4, -0.2) is 45.4 Å². The molecule has 2 aromatic heterocycles. The molecule has 7 nitrogen and oxygen atoms in total. The highest BCUT2D eigenvalue weighted by Crippen LogP contribution is 2.02. The van der Waals surface area contributed by atoms with Crippen molar-refractivity contribution in [2.45, 2.75) is 6.42 Å². The number of hydrogen-bond donors (Lipinski definition) is 2. The molecule has 18 heavy (non-hydrogen) atoms. The molecule has 0 aromatic carbocycles. The van der Waals surface area contributed by atoms with Crippen LogP contribution in [0.4, 0.5) is 5.82 Å². The molecule has 0 saturated heterocycles. The van der Waals surface area contributed by atoms with Gasteiger partial charge in [-0.2, -0.15) is 9.61 Å². The Bertz CT molecular complexity index is 552. The summed E-state index contributed by atoms with van der Waals surface area (Å²) in [4.78, 5) is 11.3. The van der Waals surface area contributed by atoms with E-state index in [4.69, 9.17) is 16.3 Å². The SMILES string of the molecule is O=c1[nH]nc2ccc(NCCCOCCCl)nn12. The van der Waals surface area contributed by atoms with Gasteiger partial charge in [-0.25, -0.2) is 9.89 Å². The maximum absolute atomic E-state index is 11.3. The van der Waals surface area contributed by atoms with E-state index in [1.807, 2.05) is 0 Å². The van der Waals surface area contributed by atoms with E-state index in [9.17, 15) is 4.79 Å². The molecule has 0 unspecified atom stereocenters. The van der Waals surface area contributed by atoms with Gasteiger partial charge in [-0.15, -0.1) is 16.7 Å². The lowest BCUT2D eigenvalue weighted by Gasteiger charge is -2.05. The Morgan fingerprint density at radius 1 is 1.44 bits per heavy atom. The van der Waals surface area contributed by atoms with Crippen molar-refractivity contribution >= 4 is 23.1 Å². The third-order valence-corrected chi connectivity index (χ3v) is 2.42. The molecule has 0 aliphatic carbocycles. The molecule has 2 aromatic rings. The average Bonchev–Trinajstić information content (AvgIpc) is 2.75. The third kappa shape index (κ3) is 3.21. The minimum absolute atomic E-state index is 0.348. The molecule has 2 N–H and O–H groups in total. The number of halogens is 1. The minimum atomic E-state index is -0.348. The summed E-state index contributed by atoms with van der Waals surface area (Å²) in [5, 5.41) is 13.3. The molecule has 2 rings (SSSR count). The fraction of sp³-hybridized carbons (Fsp3) is 0.500. The number of nitrogens with zero attached hydrogens (tertiary/aromatic N) is 3. The van der Waals surface area contributed by atoms with Crippen LogP contribution < -0.4 is 11.0 Å². The minimum Gasteiger partial charge on any atom is -0.380 e. The fourth-order valence-electron chi connectivity index (χ4n) is 1.44. The monoisotopic (exact) mass is 271 g/mol. The number of hydrogen-bond acceptors (Lipinski definition) is 5. The maximum atomic E-state index is 11.3. The Morgan fingerprint density at radius 3 is 3.17 bits per heavy atom. The van der Waals surface area contributed by atoms with Crippen molar-refractivity contribution in [3.8, 4) is 0 Å². The van der Waals surface area contributed by atoms with Crippen molar-refractivity contribution in [1.82, 2.24) is 19.8 Å². The first-order valence-corrected chi connectivity index (χ1v) is 6.17. The Morgan fingerprint density at radius 2 is 2.33 bits per heavy atom. The van der Waals surface area contributed by atoms with Gasteiger partial charge in [0.2, 0.25) is 0 Å². The zero-order valence-corrected chi connectivity index (χ0v) is 10.5. The van der Waals surface area contributed by atoms with Gasteiger partial charge < -0.3 is 10.1 Å². The molecule has 0 amide bonds. The Kier molecular flexibility index (Phi) is 4.54. The summed E-state index contributed by atoms with van der Waals surface area (Å²) < 4.78 is 6.45. The van der Waals surface area contributed by atoms with Crippen molar-refractivity contribution in [3.05, 3.63) is 22.6 Å². The van der Waals surface area contributed by atoms with E-state index in [0.29, 0.717) is 37.1 Å². The number of rotatable bonds is 7. The lowest BCUT2D eigenvalue weighted by Crippen LogP contribution is -2.14. The van der Waals surface area contributed by atoms with Crippen molar-refractivity contribution < 1.29 is 4.74 Å². The normalized spacial score (nSPS) is 10.9. The van der Waals surface area contributed by atoms with Gasteiger partial charge in [-0.3, -0.25) is 0 Å². The van der Waals surface area contributed by atoms with Crippen LogP contribution in [-0.2, 0) is 4.74 Å². The Hall–Kier alpha value is -1.60. The van der Waals surface area contributed by atoms with Crippen LogP contribution in [0.3, 0.4) is 0 Å². The van der Waals surface area contributed by atoms with Gasteiger partial charge >= 0.3 is 5.69 Å². The summed E-state index contributed by atoms with van der Waals surface area (Å²) >= 11 is 5.48. The van der Waals surface area contributed by atoms with Gasteiger partial charge in [0, 0.05) is 19.0 Å². The van der Waals surface area contributed by atoms with Crippen molar-refractivity contribution in [2.24, 2.45) is 0 Å². The molecule has 0 fully saturated rings. The van der Waals surface area contributed by atoms with Crippen LogP contribution in [0.25, 0.3) is 5.65 Å². The second-order valence-electron chi connectivity index (χ2n) is 3.60. The average molecular weight is 272 g/mol. The molecule has 0 bridgehead atoms. The number of nitrogens with one attached hydrogen (secondary N) is 2. The van der Waals surface area contributed by atoms with E-state index in [1.165, 1.54) is 4.52 Å². The van der Waals surface area contributed by atoms with Crippen LogP contribution in [0.2, 0.25) is 0 Å². The van der Waals surface area contributed by atoms with Crippen LogP contribution in [0, 0.1) is 0 Å². The summed E-state index contributed by atoms with van der Waals surface area (Å²) in [5.41, 5.74) is 0.148. The predicted octanol–water partition coefficient (Wildman–Crippen LogP) is 0.475. The van der Waals surface area contributed by atoms with E-state index in [2.05, 4.69) is 20.6 Å². The first-order valence-electron chi connectivity index (χ1n) is 5.63. The number of anilines is 1. The van der Waals surface area contributed by atoms with Gasteiger partial charge in [-0.1, -0.05) is 0 Å². The highest BCUT2D eigenvalue weighted by molar-refractivity contribution is 6.17. The molecule has 8 heteroatoms. The summed E-state index contributed by atoms with van der Waals surface area (Å²) in [6.07, 6.45) is 0.844. The Balaban J connectivity index is 1.84. The summed E-state index contributed by atoms with van der Waals surface area (Å²) in [7, 11) is 0. The zero-order valence-electron chi connectivity index (χ0n) is 9.73. The van der Waals surface area contributed by atoms with Crippen molar-refractivity contribution in [3.63, 3.8) is 0 Å². The van der Waals surface area contributed by atoms with Gasteiger partial charge in [0.1, 0.15) is 5.82 Å². The standard InChI is InChI=1S/C10H14ClN5O2/c11-4-7-18-6-1-5-12-8-2-3-9-13-14-10(17)16(9)15-8/h2-3H,1,4-7H2,(H,12,15)(H,14,17). The third-order valence-electron chi connectivity index (χ3n) is 2.27. The maximum Gasteiger partial charge on any atom is 0.364 e. The van der Waals surface area contributed by atoms with Gasteiger partial charge in [0.25, 0.3) is 0 Å². The molecule has 0 spiro atoms. The van der Waals surface area contributed by atoms with Crippen molar-refractivity contribution in [2.75, 3.05) is 31.0 Å². The van der Waals surface area contributed by atoms with Crippen molar-refractivity contribution in [1.29, 1.82) is 0 Å². The first kappa shape index (κ1) is 12.8. The second kappa shape index (κ2) is 6.36. The number of fused-ring (bicyclic) bond motifs is 1. The van der Waals surface area contributed by atoms with Crippen LogP contribution in [0.5, 0.6) is 0 Å². The number of alkyl halides is 1. The number of ether oxygens (including phenoxy) is 1. The molecular weight excluding hydrogens is 258 g/mol. The van der Waals surface area contributed by atoms with E-state index < -0.39 is 0 Å². The Labute approximate surface area is 108 Å². The van der Waals surface area contributed by atoms with Crippen LogP contribution >= 0.6 is 11.6 Å². The molecule has 2 heterocycles. The smallest absolute Gasteiger partial charge is 0.364 e. The summed E-state index contributed by atoms with van der Waals surface area (Å²) in [6.45, 7) is 1.93. The van der Waals surface area contributed by atoms with Gasteiger partial charge in [-0.05, 0) is 18.6 Å². The number of aromatic nitrogens is 4. The van der Waals surface area contributed by atoms with E-state index in [0.717, 1.165) is 6.42 Å². The van der Waals surface area contributed by atoms with Crippen LogP contribution in [0.15, 0.2) is 16.9 Å². The highest BCUT2D eigenvalue weighted by atomic mass is 35.5. The summed E-state index contributed by atoms with van der Waals surface area (Å²) in [5.74, 6) is 1.14. The quantitative estimate of drug-likeness (QED) is 0.565. The molecule has 0 aliphatic rings. The first-order chi connectivity index (χ1) is 8.81. The predicted molar refractivity (Wildman–Crippen MR) is 68.3 cm³/mol. The largest absolute Gasteiger partial charge is 0.380 e. The molecular formula is C10H14ClN5O2.